The molecule has 7 heteroatoms. The highest BCUT2D eigenvalue weighted by Crippen LogP contribution is 2.43. The molecule has 0 aromatic carbocycles. The van der Waals surface area contributed by atoms with Crippen LogP contribution < -0.4 is 5.32 Å². The maximum atomic E-state index is 12.5. The van der Waals surface area contributed by atoms with Crippen molar-refractivity contribution in [3.63, 3.8) is 0 Å². The Hall–Kier alpha value is -1.63. The summed E-state index contributed by atoms with van der Waals surface area (Å²) in [5.41, 5.74) is -1.06. The number of aliphatic carboxylic acids is 2. The number of amides is 1. The highest BCUT2D eigenvalue weighted by molar-refractivity contribution is 5.89. The molecule has 3 N–H and O–H groups in total. The van der Waals surface area contributed by atoms with Crippen molar-refractivity contribution in [3.05, 3.63) is 0 Å². The van der Waals surface area contributed by atoms with Gasteiger partial charge in [-0.05, 0) is 31.6 Å². The molecule has 0 spiro atoms. The summed E-state index contributed by atoms with van der Waals surface area (Å²) >= 11 is 0. The van der Waals surface area contributed by atoms with Crippen LogP contribution in [0.15, 0.2) is 0 Å². The van der Waals surface area contributed by atoms with Gasteiger partial charge >= 0.3 is 11.9 Å². The van der Waals surface area contributed by atoms with E-state index in [0.29, 0.717) is 19.4 Å². The van der Waals surface area contributed by atoms with E-state index >= 15 is 0 Å². The summed E-state index contributed by atoms with van der Waals surface area (Å²) < 4.78 is 0. The zero-order valence-corrected chi connectivity index (χ0v) is 13.4. The molecule has 1 amide bonds. The fourth-order valence-electron chi connectivity index (χ4n) is 4.08. The molecule has 0 radical (unpaired) electrons. The van der Waals surface area contributed by atoms with Gasteiger partial charge in [0.05, 0.1) is 13.0 Å². The van der Waals surface area contributed by atoms with E-state index in [2.05, 4.69) is 5.32 Å². The lowest BCUT2D eigenvalue weighted by Gasteiger charge is -2.42. The minimum Gasteiger partial charge on any atom is -0.481 e. The zero-order chi connectivity index (χ0) is 16.9. The van der Waals surface area contributed by atoms with Gasteiger partial charge in [0, 0.05) is 13.1 Å². The van der Waals surface area contributed by atoms with Crippen molar-refractivity contribution < 1.29 is 24.6 Å². The molecule has 1 heterocycles. The Labute approximate surface area is 136 Å². The molecule has 23 heavy (non-hydrogen) atoms. The average Bonchev–Trinajstić information content (AvgIpc) is 2.98. The van der Waals surface area contributed by atoms with Crippen LogP contribution in [0.25, 0.3) is 0 Å². The molecule has 0 aromatic heterocycles. The molecule has 1 saturated heterocycles. The molecule has 1 aliphatic carbocycles. The van der Waals surface area contributed by atoms with Crippen molar-refractivity contribution in [2.45, 2.75) is 56.9 Å². The molecule has 0 bridgehead atoms. The first-order chi connectivity index (χ1) is 11.0. The van der Waals surface area contributed by atoms with Crippen LogP contribution in [0, 0.1) is 5.92 Å². The van der Waals surface area contributed by atoms with Gasteiger partial charge in [-0.2, -0.15) is 0 Å². The van der Waals surface area contributed by atoms with E-state index in [4.69, 9.17) is 5.11 Å². The van der Waals surface area contributed by atoms with Crippen molar-refractivity contribution in [2.24, 2.45) is 5.92 Å². The number of hydrogen-bond donors (Lipinski definition) is 3. The molecular weight excluding hydrogens is 300 g/mol. The van der Waals surface area contributed by atoms with Gasteiger partial charge in [0.15, 0.2) is 0 Å². The second kappa shape index (κ2) is 7.77. The summed E-state index contributed by atoms with van der Waals surface area (Å²) in [5, 5.41) is 21.3. The third-order valence-electron chi connectivity index (χ3n) is 5.17. The van der Waals surface area contributed by atoms with Crippen LogP contribution >= 0.6 is 0 Å². The first-order valence-corrected chi connectivity index (χ1v) is 8.45. The second-order valence-corrected chi connectivity index (χ2v) is 6.53. The number of hydrogen-bond acceptors (Lipinski definition) is 4. The number of nitrogens with zero attached hydrogens (tertiary/aromatic N) is 1. The second-order valence-electron chi connectivity index (χ2n) is 6.53. The minimum absolute atomic E-state index is 0.00493. The van der Waals surface area contributed by atoms with Gasteiger partial charge in [0.25, 0.3) is 0 Å². The molecule has 2 aliphatic rings. The lowest BCUT2D eigenvalue weighted by Crippen LogP contribution is -2.59. The van der Waals surface area contributed by atoms with Crippen LogP contribution in [-0.4, -0.2) is 58.1 Å². The summed E-state index contributed by atoms with van der Waals surface area (Å²) in [7, 11) is 0. The SMILES string of the molecule is O=C(O)CCNCC(=O)N1CCC[C@]1(C(=O)O)C1CCCCC1. The predicted molar refractivity (Wildman–Crippen MR) is 83.0 cm³/mol. The lowest BCUT2D eigenvalue weighted by atomic mass is 9.73. The summed E-state index contributed by atoms with van der Waals surface area (Å²) in [6, 6.07) is 0. The quantitative estimate of drug-likeness (QED) is 0.604. The van der Waals surface area contributed by atoms with E-state index in [1.165, 1.54) is 0 Å². The Morgan fingerprint density at radius 1 is 1.09 bits per heavy atom. The lowest BCUT2D eigenvalue weighted by molar-refractivity contribution is -0.161. The van der Waals surface area contributed by atoms with Crippen LogP contribution in [0.5, 0.6) is 0 Å². The van der Waals surface area contributed by atoms with Gasteiger partial charge in [-0.25, -0.2) is 4.79 Å². The van der Waals surface area contributed by atoms with Crippen molar-refractivity contribution in [1.82, 2.24) is 10.2 Å². The highest BCUT2D eigenvalue weighted by atomic mass is 16.4. The van der Waals surface area contributed by atoms with Gasteiger partial charge < -0.3 is 20.4 Å². The van der Waals surface area contributed by atoms with Crippen LogP contribution in [0.2, 0.25) is 0 Å². The predicted octanol–water partition coefficient (Wildman–Crippen LogP) is 1.08. The number of rotatable bonds is 7. The Bertz CT molecular complexity index is 461. The van der Waals surface area contributed by atoms with E-state index in [-0.39, 0.29) is 31.3 Å². The van der Waals surface area contributed by atoms with Crippen LogP contribution in [0.3, 0.4) is 0 Å². The number of carboxylic acids is 2. The fourth-order valence-corrected chi connectivity index (χ4v) is 4.08. The van der Waals surface area contributed by atoms with E-state index in [1.54, 1.807) is 4.90 Å². The molecule has 1 saturated carbocycles. The molecule has 7 nitrogen and oxygen atoms in total. The smallest absolute Gasteiger partial charge is 0.329 e. The van der Waals surface area contributed by atoms with Crippen molar-refractivity contribution in [3.8, 4) is 0 Å². The maximum Gasteiger partial charge on any atom is 0.329 e. The number of carbonyl (C=O) groups excluding carboxylic acids is 1. The highest BCUT2D eigenvalue weighted by Gasteiger charge is 2.54. The van der Waals surface area contributed by atoms with E-state index in [0.717, 1.165) is 32.1 Å². The Morgan fingerprint density at radius 2 is 1.78 bits per heavy atom. The van der Waals surface area contributed by atoms with Crippen molar-refractivity contribution in [1.29, 1.82) is 0 Å². The van der Waals surface area contributed by atoms with E-state index in [9.17, 15) is 19.5 Å². The van der Waals surface area contributed by atoms with Gasteiger partial charge in [0.1, 0.15) is 5.54 Å². The van der Waals surface area contributed by atoms with Crippen LogP contribution in [-0.2, 0) is 14.4 Å². The van der Waals surface area contributed by atoms with Gasteiger partial charge in [-0.3, -0.25) is 9.59 Å². The third kappa shape index (κ3) is 3.83. The Kier molecular flexibility index (Phi) is 5.98. The largest absolute Gasteiger partial charge is 0.481 e. The Balaban J connectivity index is 2.04. The maximum absolute atomic E-state index is 12.5. The number of likely N-dealkylation sites (tertiary alicyclic amines) is 1. The summed E-state index contributed by atoms with van der Waals surface area (Å²) in [6.07, 6.45) is 6.09. The molecule has 2 fully saturated rings. The molecule has 2 rings (SSSR count). The molecule has 1 atom stereocenters. The monoisotopic (exact) mass is 326 g/mol. The first-order valence-electron chi connectivity index (χ1n) is 8.45. The minimum atomic E-state index is -1.06. The van der Waals surface area contributed by atoms with Crippen LogP contribution in [0.1, 0.15) is 51.4 Å². The average molecular weight is 326 g/mol. The van der Waals surface area contributed by atoms with Gasteiger partial charge in [-0.15, -0.1) is 0 Å². The fraction of sp³-hybridized carbons (Fsp3) is 0.812. The normalized spacial score (nSPS) is 25.5. The molecule has 0 unspecified atom stereocenters. The summed E-state index contributed by atoms with van der Waals surface area (Å²) in [6.45, 7) is 0.676. The van der Waals surface area contributed by atoms with E-state index < -0.39 is 17.5 Å². The number of carbonyl (C=O) groups is 3. The van der Waals surface area contributed by atoms with E-state index in [1.807, 2.05) is 0 Å². The number of nitrogens with one attached hydrogen (secondary N) is 1. The summed E-state index contributed by atoms with van der Waals surface area (Å²) in [5.74, 6) is -2.02. The topological polar surface area (TPSA) is 107 Å². The standard InChI is InChI=1S/C16H26N2O5/c19-13(11-17-9-7-14(20)21)18-10-4-8-16(18,15(22)23)12-5-2-1-3-6-12/h12,17H,1-11H2,(H,20,21)(H,22,23)/t16-/m1/s1. The molecule has 0 aromatic rings. The summed E-state index contributed by atoms with van der Waals surface area (Å²) in [4.78, 5) is 36.6. The van der Waals surface area contributed by atoms with Crippen LogP contribution in [0.4, 0.5) is 0 Å². The van der Waals surface area contributed by atoms with Gasteiger partial charge in [0.2, 0.25) is 5.91 Å². The first kappa shape index (κ1) is 17.7. The number of carboxylic acid groups (broad SMARTS) is 2. The van der Waals surface area contributed by atoms with Gasteiger partial charge in [-0.1, -0.05) is 19.3 Å². The molecule has 130 valence electrons. The zero-order valence-electron chi connectivity index (χ0n) is 13.4. The third-order valence-corrected chi connectivity index (χ3v) is 5.17. The molecular formula is C16H26N2O5. The van der Waals surface area contributed by atoms with Crippen molar-refractivity contribution >= 4 is 17.8 Å². The Morgan fingerprint density at radius 3 is 2.39 bits per heavy atom. The van der Waals surface area contributed by atoms with Crippen molar-refractivity contribution in [2.75, 3.05) is 19.6 Å². The molecule has 1 aliphatic heterocycles.